The molecule has 0 aromatic rings. The summed E-state index contributed by atoms with van der Waals surface area (Å²) in [6.07, 6.45) is 2.44. The number of guanidine groups is 1. The quantitative estimate of drug-likeness (QED) is 0.387. The Hall–Kier alpha value is -0.810. The Morgan fingerprint density at radius 3 is 2.43 bits per heavy atom. The molecule has 0 bridgehead atoms. The lowest BCUT2D eigenvalue weighted by atomic mass is 10.1. The monoisotopic (exact) mass is 325 g/mol. The highest BCUT2D eigenvalue weighted by molar-refractivity contribution is 5.79. The first-order chi connectivity index (χ1) is 11.0. The van der Waals surface area contributed by atoms with Gasteiger partial charge in [-0.1, -0.05) is 6.92 Å². The average Bonchev–Trinajstić information content (AvgIpc) is 2.97. The molecule has 2 N–H and O–H groups in total. The summed E-state index contributed by atoms with van der Waals surface area (Å²) >= 11 is 0. The van der Waals surface area contributed by atoms with Gasteiger partial charge in [0.05, 0.1) is 0 Å². The van der Waals surface area contributed by atoms with Crippen molar-refractivity contribution in [2.45, 2.75) is 59.5 Å². The first kappa shape index (κ1) is 20.2. The van der Waals surface area contributed by atoms with Gasteiger partial charge in [0.25, 0.3) is 0 Å². The van der Waals surface area contributed by atoms with E-state index < -0.39 is 0 Å². The number of nitrogens with one attached hydrogen (secondary N) is 2. The van der Waals surface area contributed by atoms with Gasteiger partial charge in [0.1, 0.15) is 0 Å². The van der Waals surface area contributed by atoms with Crippen molar-refractivity contribution in [2.75, 3.05) is 46.3 Å². The highest BCUT2D eigenvalue weighted by Gasteiger charge is 2.21. The number of aliphatic imine (C=N–C) groups is 1. The van der Waals surface area contributed by atoms with E-state index in [1.165, 1.54) is 26.1 Å². The van der Waals surface area contributed by atoms with Crippen LogP contribution in [0.5, 0.6) is 0 Å². The summed E-state index contributed by atoms with van der Waals surface area (Å²) < 4.78 is 0. The van der Waals surface area contributed by atoms with E-state index in [4.69, 9.17) is 0 Å². The molecule has 5 nitrogen and oxygen atoms in total. The molecule has 23 heavy (non-hydrogen) atoms. The van der Waals surface area contributed by atoms with Crippen molar-refractivity contribution in [1.29, 1.82) is 0 Å². The molecule has 1 saturated heterocycles. The van der Waals surface area contributed by atoms with Crippen molar-refractivity contribution in [3.05, 3.63) is 0 Å². The minimum Gasteiger partial charge on any atom is -0.356 e. The maximum Gasteiger partial charge on any atom is 0.190 e. The van der Waals surface area contributed by atoms with Crippen LogP contribution < -0.4 is 10.6 Å². The van der Waals surface area contributed by atoms with Crippen molar-refractivity contribution in [3.8, 4) is 0 Å². The van der Waals surface area contributed by atoms with Crippen LogP contribution >= 0.6 is 0 Å². The summed E-state index contributed by atoms with van der Waals surface area (Å²) in [7, 11) is 1.86. The lowest BCUT2D eigenvalue weighted by Gasteiger charge is -2.30. The molecule has 1 fully saturated rings. The van der Waals surface area contributed by atoms with Crippen LogP contribution in [-0.2, 0) is 0 Å². The molecule has 136 valence electrons. The Labute approximate surface area is 143 Å². The molecule has 1 rings (SSSR count). The maximum atomic E-state index is 4.34. The number of rotatable bonds is 9. The molecule has 0 radical (unpaired) electrons. The SMILES string of the molecule is CCN1CCC(CNC(=NC)NCCCN(C(C)C)C(C)C)C1. The van der Waals surface area contributed by atoms with Gasteiger partial charge in [0, 0.05) is 45.3 Å². The Morgan fingerprint density at radius 2 is 1.91 bits per heavy atom. The Bertz CT molecular complexity index is 332. The van der Waals surface area contributed by atoms with Crippen LogP contribution in [0.2, 0.25) is 0 Å². The molecule has 1 atom stereocenters. The molecule has 1 heterocycles. The molecule has 5 heteroatoms. The smallest absolute Gasteiger partial charge is 0.190 e. The normalized spacial score (nSPS) is 20.0. The van der Waals surface area contributed by atoms with Gasteiger partial charge in [-0.05, 0) is 59.5 Å². The van der Waals surface area contributed by atoms with Crippen molar-refractivity contribution >= 4 is 5.96 Å². The molecular weight excluding hydrogens is 286 g/mol. The zero-order valence-electron chi connectivity index (χ0n) is 16.2. The summed E-state index contributed by atoms with van der Waals surface area (Å²) in [6, 6.07) is 1.22. The molecule has 1 unspecified atom stereocenters. The van der Waals surface area contributed by atoms with Crippen LogP contribution in [0, 0.1) is 5.92 Å². The predicted octanol–water partition coefficient (Wildman–Crippen LogP) is 2.00. The Morgan fingerprint density at radius 1 is 1.22 bits per heavy atom. The molecule has 0 aromatic heterocycles. The third kappa shape index (κ3) is 7.53. The first-order valence-electron chi connectivity index (χ1n) is 9.40. The molecule has 0 aromatic carbocycles. The minimum atomic E-state index is 0.608. The molecule has 1 aliphatic rings. The zero-order chi connectivity index (χ0) is 17.2. The van der Waals surface area contributed by atoms with Crippen LogP contribution in [0.3, 0.4) is 0 Å². The second-order valence-corrected chi connectivity index (χ2v) is 7.21. The van der Waals surface area contributed by atoms with E-state index in [2.05, 4.69) is 60.0 Å². The van der Waals surface area contributed by atoms with Crippen molar-refractivity contribution in [3.63, 3.8) is 0 Å². The number of nitrogens with zero attached hydrogens (tertiary/aromatic N) is 3. The van der Waals surface area contributed by atoms with Crippen LogP contribution in [-0.4, -0.2) is 74.2 Å². The van der Waals surface area contributed by atoms with Gasteiger partial charge in [-0.2, -0.15) is 0 Å². The highest BCUT2D eigenvalue weighted by Crippen LogP contribution is 2.14. The molecule has 0 spiro atoms. The number of hydrogen-bond acceptors (Lipinski definition) is 3. The highest BCUT2D eigenvalue weighted by atomic mass is 15.2. The standard InChI is InChI=1S/C18H39N5/c1-7-22-12-9-17(14-22)13-21-18(19-6)20-10-8-11-23(15(2)3)16(4)5/h15-17H,7-14H2,1-6H3,(H2,19,20,21). The number of likely N-dealkylation sites (tertiary alicyclic amines) is 1. The van der Waals surface area contributed by atoms with Gasteiger partial charge < -0.3 is 15.5 Å². The molecule has 0 aliphatic carbocycles. The van der Waals surface area contributed by atoms with E-state index in [9.17, 15) is 0 Å². The molecule has 1 aliphatic heterocycles. The van der Waals surface area contributed by atoms with E-state index in [1.807, 2.05) is 7.05 Å². The van der Waals surface area contributed by atoms with E-state index >= 15 is 0 Å². The molecule has 0 saturated carbocycles. The van der Waals surface area contributed by atoms with Gasteiger partial charge in [-0.25, -0.2) is 0 Å². The Balaban J connectivity index is 2.19. The minimum absolute atomic E-state index is 0.608. The van der Waals surface area contributed by atoms with E-state index in [-0.39, 0.29) is 0 Å². The largest absolute Gasteiger partial charge is 0.356 e. The summed E-state index contributed by atoms with van der Waals surface area (Å²) in [6.45, 7) is 18.1. The fourth-order valence-electron chi connectivity index (χ4n) is 3.41. The van der Waals surface area contributed by atoms with Gasteiger partial charge >= 0.3 is 0 Å². The fraction of sp³-hybridized carbons (Fsp3) is 0.944. The predicted molar refractivity (Wildman–Crippen MR) is 101 cm³/mol. The summed E-state index contributed by atoms with van der Waals surface area (Å²) in [5, 5.41) is 6.94. The van der Waals surface area contributed by atoms with Crippen LogP contribution in [0.1, 0.15) is 47.5 Å². The van der Waals surface area contributed by atoms with Gasteiger partial charge in [-0.3, -0.25) is 9.89 Å². The fourth-order valence-corrected chi connectivity index (χ4v) is 3.41. The van der Waals surface area contributed by atoms with E-state index in [0.717, 1.165) is 37.9 Å². The van der Waals surface area contributed by atoms with Crippen LogP contribution in [0.25, 0.3) is 0 Å². The lowest BCUT2D eigenvalue weighted by Crippen LogP contribution is -2.42. The lowest BCUT2D eigenvalue weighted by molar-refractivity contribution is 0.173. The van der Waals surface area contributed by atoms with E-state index in [1.54, 1.807) is 0 Å². The van der Waals surface area contributed by atoms with Crippen LogP contribution in [0.15, 0.2) is 4.99 Å². The molecular formula is C18H39N5. The molecule has 0 amide bonds. The van der Waals surface area contributed by atoms with Gasteiger partial charge in [0.15, 0.2) is 5.96 Å². The first-order valence-corrected chi connectivity index (χ1v) is 9.40. The summed E-state index contributed by atoms with van der Waals surface area (Å²) in [5.74, 6) is 1.70. The van der Waals surface area contributed by atoms with Crippen LogP contribution in [0.4, 0.5) is 0 Å². The topological polar surface area (TPSA) is 42.9 Å². The van der Waals surface area contributed by atoms with E-state index in [0.29, 0.717) is 12.1 Å². The second kappa shape index (κ2) is 10.9. The van der Waals surface area contributed by atoms with Gasteiger partial charge in [-0.15, -0.1) is 0 Å². The van der Waals surface area contributed by atoms with Gasteiger partial charge in [0.2, 0.25) is 0 Å². The summed E-state index contributed by atoms with van der Waals surface area (Å²) in [5.41, 5.74) is 0. The number of hydrogen-bond donors (Lipinski definition) is 2. The van der Waals surface area contributed by atoms with Crippen molar-refractivity contribution in [1.82, 2.24) is 20.4 Å². The zero-order valence-corrected chi connectivity index (χ0v) is 16.2. The maximum absolute atomic E-state index is 4.34. The third-order valence-corrected chi connectivity index (χ3v) is 4.81. The third-order valence-electron chi connectivity index (χ3n) is 4.81. The summed E-state index contributed by atoms with van der Waals surface area (Å²) in [4.78, 5) is 9.40. The van der Waals surface area contributed by atoms with Crippen molar-refractivity contribution < 1.29 is 0 Å². The van der Waals surface area contributed by atoms with Crippen molar-refractivity contribution in [2.24, 2.45) is 10.9 Å². The second-order valence-electron chi connectivity index (χ2n) is 7.21. The average molecular weight is 326 g/mol. The Kier molecular flexibility index (Phi) is 9.56.